The molecule has 136 valence electrons. The van der Waals surface area contributed by atoms with E-state index in [1.807, 2.05) is 17.8 Å². The molecule has 2 aromatic carbocycles. The van der Waals surface area contributed by atoms with E-state index in [9.17, 15) is 18.0 Å². The van der Waals surface area contributed by atoms with Crippen LogP contribution in [0.5, 0.6) is 5.75 Å². The predicted molar refractivity (Wildman–Crippen MR) is 93.9 cm³/mol. The largest absolute Gasteiger partial charge is 0.484 e. The van der Waals surface area contributed by atoms with Crippen LogP contribution in [0.25, 0.3) is 0 Å². The van der Waals surface area contributed by atoms with Crippen LogP contribution in [0.15, 0.2) is 47.4 Å². The van der Waals surface area contributed by atoms with Gasteiger partial charge >= 0.3 is 0 Å². The maximum Gasteiger partial charge on any atom is 0.272 e. The van der Waals surface area contributed by atoms with Gasteiger partial charge < -0.3 is 10.1 Å². The molecule has 0 spiro atoms. The fourth-order valence-corrected chi connectivity index (χ4v) is 3.36. The third-order valence-electron chi connectivity index (χ3n) is 3.70. The Bertz CT molecular complexity index is 972. The highest BCUT2D eigenvalue weighted by atomic mass is 32.2. The lowest BCUT2D eigenvalue weighted by Crippen LogP contribution is -2.43. The molecule has 9 heteroatoms. The van der Waals surface area contributed by atoms with Gasteiger partial charge in [0.25, 0.3) is 15.9 Å². The summed E-state index contributed by atoms with van der Waals surface area (Å²) >= 11 is 0. The molecule has 1 heterocycles. The standard InChI is InChI=1S/C17H17N3O5S/c1-11-3-2-4-13(7-11)25-10-17(22)19-20-26(23,24)14-5-6-15-12(8-14)9-16(21)18-15/h2-8,20H,9-10H2,1H3,(H,18,21)(H,19,22). The topological polar surface area (TPSA) is 114 Å². The quantitative estimate of drug-likeness (QED) is 0.649. The normalized spacial score (nSPS) is 13.0. The number of ether oxygens (including phenoxy) is 1. The van der Waals surface area contributed by atoms with Gasteiger partial charge in [-0.3, -0.25) is 15.0 Å². The van der Waals surface area contributed by atoms with Crippen LogP contribution >= 0.6 is 0 Å². The first-order chi connectivity index (χ1) is 12.3. The van der Waals surface area contributed by atoms with Gasteiger partial charge in [0.1, 0.15) is 5.75 Å². The molecule has 1 aliphatic rings. The Hall–Kier alpha value is -2.91. The SMILES string of the molecule is Cc1cccc(OCC(=O)NNS(=O)(=O)c2ccc3c(c2)CC(=O)N3)c1. The van der Waals surface area contributed by atoms with E-state index in [1.165, 1.54) is 18.2 Å². The van der Waals surface area contributed by atoms with E-state index in [0.717, 1.165) is 5.56 Å². The van der Waals surface area contributed by atoms with E-state index in [0.29, 0.717) is 17.0 Å². The molecule has 0 unspecified atom stereocenters. The maximum absolute atomic E-state index is 12.3. The zero-order valence-electron chi connectivity index (χ0n) is 13.9. The monoisotopic (exact) mass is 375 g/mol. The molecule has 8 nitrogen and oxygen atoms in total. The molecule has 0 aliphatic carbocycles. The van der Waals surface area contributed by atoms with Crippen LogP contribution in [0.2, 0.25) is 0 Å². The van der Waals surface area contributed by atoms with Gasteiger partial charge in [-0.2, -0.15) is 0 Å². The van der Waals surface area contributed by atoms with Crippen LogP contribution in [0.1, 0.15) is 11.1 Å². The summed E-state index contributed by atoms with van der Waals surface area (Å²) in [6.07, 6.45) is 0.120. The van der Waals surface area contributed by atoms with Crippen LogP contribution in [-0.4, -0.2) is 26.8 Å². The van der Waals surface area contributed by atoms with E-state index >= 15 is 0 Å². The Kier molecular flexibility index (Phi) is 4.92. The Morgan fingerprint density at radius 1 is 1.23 bits per heavy atom. The number of hydrogen-bond acceptors (Lipinski definition) is 5. The molecule has 0 saturated heterocycles. The molecule has 0 aromatic heterocycles. The molecule has 0 radical (unpaired) electrons. The number of anilines is 1. The summed E-state index contributed by atoms with van der Waals surface area (Å²) in [4.78, 5) is 25.1. The lowest BCUT2D eigenvalue weighted by molar-refractivity contribution is -0.123. The number of amides is 2. The minimum atomic E-state index is -3.96. The van der Waals surface area contributed by atoms with Gasteiger partial charge in [-0.15, -0.1) is 4.83 Å². The first-order valence-electron chi connectivity index (χ1n) is 7.76. The van der Waals surface area contributed by atoms with E-state index in [4.69, 9.17) is 4.74 Å². The molecule has 3 rings (SSSR count). The Morgan fingerprint density at radius 2 is 2.04 bits per heavy atom. The highest BCUT2D eigenvalue weighted by Gasteiger charge is 2.22. The van der Waals surface area contributed by atoms with E-state index in [-0.39, 0.29) is 23.8 Å². The van der Waals surface area contributed by atoms with Crippen molar-refractivity contribution in [2.75, 3.05) is 11.9 Å². The van der Waals surface area contributed by atoms with Crippen LogP contribution in [0.4, 0.5) is 5.69 Å². The lowest BCUT2D eigenvalue weighted by atomic mass is 10.2. The molecule has 2 amide bonds. The average molecular weight is 375 g/mol. The number of aryl methyl sites for hydroxylation is 1. The lowest BCUT2D eigenvalue weighted by Gasteiger charge is -2.10. The van der Waals surface area contributed by atoms with Crippen molar-refractivity contribution in [2.24, 2.45) is 0 Å². The van der Waals surface area contributed by atoms with Crippen LogP contribution < -0.4 is 20.3 Å². The second-order valence-electron chi connectivity index (χ2n) is 5.80. The van der Waals surface area contributed by atoms with E-state index in [1.54, 1.807) is 18.2 Å². The van der Waals surface area contributed by atoms with Crippen molar-refractivity contribution < 1.29 is 22.7 Å². The van der Waals surface area contributed by atoms with Crippen molar-refractivity contribution in [1.82, 2.24) is 10.3 Å². The highest BCUT2D eigenvalue weighted by Crippen LogP contribution is 2.25. The first kappa shape index (κ1) is 17.9. The molecule has 2 aromatic rings. The molecule has 1 aliphatic heterocycles. The first-order valence-corrected chi connectivity index (χ1v) is 9.25. The van der Waals surface area contributed by atoms with Gasteiger partial charge in [-0.05, 0) is 48.4 Å². The van der Waals surface area contributed by atoms with Crippen LogP contribution in [-0.2, 0) is 26.0 Å². The van der Waals surface area contributed by atoms with Crippen molar-refractivity contribution in [2.45, 2.75) is 18.2 Å². The fraction of sp³-hybridized carbons (Fsp3) is 0.176. The maximum atomic E-state index is 12.3. The third-order valence-corrected chi connectivity index (χ3v) is 4.94. The van der Waals surface area contributed by atoms with Crippen molar-refractivity contribution in [1.29, 1.82) is 0 Å². The van der Waals surface area contributed by atoms with E-state index in [2.05, 4.69) is 10.7 Å². The Balaban J connectivity index is 1.57. The summed E-state index contributed by atoms with van der Waals surface area (Å²) < 4.78 is 29.8. The summed E-state index contributed by atoms with van der Waals surface area (Å²) in [6, 6.07) is 11.4. The number of fused-ring (bicyclic) bond motifs is 1. The number of rotatable bonds is 6. The third kappa shape index (κ3) is 4.19. The Labute approximate surface area is 150 Å². The number of carbonyl (C=O) groups excluding carboxylic acids is 2. The van der Waals surface area contributed by atoms with Gasteiger partial charge in [-0.1, -0.05) is 12.1 Å². The number of hydrazine groups is 1. The molecule has 0 fully saturated rings. The van der Waals surface area contributed by atoms with Crippen molar-refractivity contribution in [3.63, 3.8) is 0 Å². The van der Waals surface area contributed by atoms with Gasteiger partial charge in [0, 0.05) is 5.69 Å². The molecule has 3 N–H and O–H groups in total. The highest BCUT2D eigenvalue weighted by molar-refractivity contribution is 7.89. The smallest absolute Gasteiger partial charge is 0.272 e. The van der Waals surface area contributed by atoms with Crippen LogP contribution in [0, 0.1) is 6.92 Å². The minimum Gasteiger partial charge on any atom is -0.484 e. The second kappa shape index (κ2) is 7.14. The van der Waals surface area contributed by atoms with Crippen LogP contribution in [0.3, 0.4) is 0 Å². The van der Waals surface area contributed by atoms with Gasteiger partial charge in [0.15, 0.2) is 6.61 Å². The summed E-state index contributed by atoms with van der Waals surface area (Å²) in [5, 5.41) is 2.62. The van der Waals surface area contributed by atoms with Gasteiger partial charge in [0.05, 0.1) is 11.3 Å². The summed E-state index contributed by atoms with van der Waals surface area (Å²) in [5.74, 6) is -0.323. The number of hydrogen-bond donors (Lipinski definition) is 3. The average Bonchev–Trinajstić information content (AvgIpc) is 2.97. The van der Waals surface area contributed by atoms with Crippen molar-refractivity contribution in [3.05, 3.63) is 53.6 Å². The molecule has 0 atom stereocenters. The second-order valence-corrected chi connectivity index (χ2v) is 7.49. The number of sulfonamides is 1. The molecule has 0 bridgehead atoms. The molecular weight excluding hydrogens is 358 g/mol. The van der Waals surface area contributed by atoms with Gasteiger partial charge in [-0.25, -0.2) is 8.42 Å². The van der Waals surface area contributed by atoms with Crippen molar-refractivity contribution >= 4 is 27.5 Å². The number of carbonyl (C=O) groups is 2. The summed E-state index contributed by atoms with van der Waals surface area (Å²) in [7, 11) is -3.96. The van der Waals surface area contributed by atoms with E-state index < -0.39 is 15.9 Å². The van der Waals surface area contributed by atoms with Gasteiger partial charge in [0.2, 0.25) is 5.91 Å². The zero-order chi connectivity index (χ0) is 18.7. The summed E-state index contributed by atoms with van der Waals surface area (Å²) in [5.41, 5.74) is 4.26. The molecular formula is C17H17N3O5S. The molecule has 26 heavy (non-hydrogen) atoms. The number of benzene rings is 2. The van der Waals surface area contributed by atoms with Crippen molar-refractivity contribution in [3.8, 4) is 5.75 Å². The minimum absolute atomic E-state index is 0.0485. The summed E-state index contributed by atoms with van der Waals surface area (Å²) in [6.45, 7) is 1.55. The Morgan fingerprint density at radius 3 is 2.81 bits per heavy atom. The fourth-order valence-electron chi connectivity index (χ4n) is 2.45. The molecule has 0 saturated carbocycles. The zero-order valence-corrected chi connectivity index (χ0v) is 14.7. The predicted octanol–water partition coefficient (Wildman–Crippen LogP) is 0.878. The number of nitrogens with one attached hydrogen (secondary N) is 3.